The zero-order chi connectivity index (χ0) is 20.1. The molecule has 0 saturated heterocycles. The van der Waals surface area contributed by atoms with Gasteiger partial charge in [-0.25, -0.2) is 0 Å². The smallest absolute Gasteiger partial charge is 0.279 e. The molecule has 0 spiro atoms. The molecule has 4 aromatic rings. The molecule has 1 N–H and O–H groups in total. The second kappa shape index (κ2) is 8.81. The van der Waals surface area contributed by atoms with Crippen LogP contribution in [-0.2, 0) is 6.54 Å². The SMILES string of the molecule is O=C(N=c1sccn1Cc1ccccc1)c1ccc(NC(=O)c2cccs2)cc1. The molecule has 144 valence electrons. The molecule has 0 aliphatic heterocycles. The minimum atomic E-state index is -0.314. The number of amides is 2. The maximum Gasteiger partial charge on any atom is 0.279 e. The van der Waals surface area contributed by atoms with E-state index >= 15 is 0 Å². The molecule has 0 unspecified atom stereocenters. The number of aromatic nitrogens is 1. The Balaban J connectivity index is 1.48. The van der Waals surface area contributed by atoms with Crippen LogP contribution in [0.2, 0.25) is 0 Å². The van der Waals surface area contributed by atoms with Crippen LogP contribution in [0.4, 0.5) is 5.69 Å². The molecular weight excluding hydrogens is 402 g/mol. The zero-order valence-corrected chi connectivity index (χ0v) is 17.0. The number of rotatable bonds is 5. The summed E-state index contributed by atoms with van der Waals surface area (Å²) < 4.78 is 1.95. The molecule has 29 heavy (non-hydrogen) atoms. The van der Waals surface area contributed by atoms with Gasteiger partial charge < -0.3 is 9.88 Å². The number of thiophene rings is 1. The van der Waals surface area contributed by atoms with Crippen molar-refractivity contribution in [3.8, 4) is 0 Å². The van der Waals surface area contributed by atoms with Gasteiger partial charge in [0, 0.05) is 29.4 Å². The van der Waals surface area contributed by atoms with E-state index in [4.69, 9.17) is 0 Å². The minimum absolute atomic E-state index is 0.163. The summed E-state index contributed by atoms with van der Waals surface area (Å²) in [7, 11) is 0. The number of anilines is 1. The van der Waals surface area contributed by atoms with Crippen molar-refractivity contribution in [2.24, 2.45) is 4.99 Å². The van der Waals surface area contributed by atoms with Crippen molar-refractivity contribution < 1.29 is 9.59 Å². The molecule has 0 bridgehead atoms. The van der Waals surface area contributed by atoms with Crippen LogP contribution >= 0.6 is 22.7 Å². The van der Waals surface area contributed by atoms with Crippen LogP contribution in [0, 0.1) is 0 Å². The van der Waals surface area contributed by atoms with E-state index in [1.807, 2.05) is 57.9 Å². The molecule has 5 nitrogen and oxygen atoms in total. The number of nitrogens with one attached hydrogen (secondary N) is 1. The minimum Gasteiger partial charge on any atom is -0.321 e. The molecular formula is C22H17N3O2S2. The van der Waals surface area contributed by atoms with Crippen molar-refractivity contribution in [2.45, 2.75) is 6.54 Å². The number of carbonyl (C=O) groups excluding carboxylic acids is 2. The molecule has 2 heterocycles. The van der Waals surface area contributed by atoms with Crippen molar-refractivity contribution in [3.63, 3.8) is 0 Å². The van der Waals surface area contributed by atoms with Gasteiger partial charge in [-0.2, -0.15) is 4.99 Å². The summed E-state index contributed by atoms with van der Waals surface area (Å²) in [4.78, 5) is 30.2. The van der Waals surface area contributed by atoms with E-state index in [1.165, 1.54) is 22.7 Å². The van der Waals surface area contributed by atoms with Crippen LogP contribution in [0.25, 0.3) is 0 Å². The Bertz CT molecular complexity index is 1170. The van der Waals surface area contributed by atoms with Crippen LogP contribution < -0.4 is 10.1 Å². The molecule has 0 saturated carbocycles. The van der Waals surface area contributed by atoms with E-state index in [0.717, 1.165) is 5.56 Å². The van der Waals surface area contributed by atoms with Crippen LogP contribution in [0.5, 0.6) is 0 Å². The summed E-state index contributed by atoms with van der Waals surface area (Å²) in [5, 5.41) is 6.59. The van der Waals surface area contributed by atoms with Crippen molar-refractivity contribution in [2.75, 3.05) is 5.32 Å². The number of thiazole rings is 1. The molecule has 0 fully saturated rings. The monoisotopic (exact) mass is 419 g/mol. The van der Waals surface area contributed by atoms with Gasteiger partial charge in [0.25, 0.3) is 11.8 Å². The highest BCUT2D eigenvalue weighted by Crippen LogP contribution is 2.14. The summed E-state index contributed by atoms with van der Waals surface area (Å²) >= 11 is 2.80. The van der Waals surface area contributed by atoms with Crippen LogP contribution in [0.1, 0.15) is 25.6 Å². The molecule has 0 radical (unpaired) electrons. The second-order valence-corrected chi connectivity index (χ2v) is 8.05. The quantitative estimate of drug-likeness (QED) is 0.512. The lowest BCUT2D eigenvalue weighted by molar-refractivity contribution is 0.0996. The van der Waals surface area contributed by atoms with E-state index in [1.54, 1.807) is 30.3 Å². The first-order chi connectivity index (χ1) is 14.2. The fourth-order valence-corrected chi connectivity index (χ4v) is 4.08. The first-order valence-electron chi connectivity index (χ1n) is 8.91. The van der Waals surface area contributed by atoms with Crippen molar-refractivity contribution in [1.82, 2.24) is 4.57 Å². The Kier molecular flexibility index (Phi) is 5.79. The first-order valence-corrected chi connectivity index (χ1v) is 10.7. The largest absolute Gasteiger partial charge is 0.321 e. The lowest BCUT2D eigenvalue weighted by Crippen LogP contribution is -2.17. The summed E-state index contributed by atoms with van der Waals surface area (Å²) in [6.07, 6.45) is 1.92. The molecule has 7 heteroatoms. The number of hydrogen-bond donors (Lipinski definition) is 1. The number of carbonyl (C=O) groups is 2. The fourth-order valence-electron chi connectivity index (χ4n) is 2.74. The Hall–Kier alpha value is -3.29. The molecule has 0 aliphatic rings. The summed E-state index contributed by atoms with van der Waals surface area (Å²) in [5.41, 5.74) is 2.25. The summed E-state index contributed by atoms with van der Waals surface area (Å²) in [5.74, 6) is -0.477. The van der Waals surface area contributed by atoms with Gasteiger partial charge in [0.1, 0.15) is 0 Å². The lowest BCUT2D eigenvalue weighted by Gasteiger charge is -2.04. The number of hydrogen-bond acceptors (Lipinski definition) is 4. The maximum absolute atomic E-state index is 12.6. The first kappa shape index (κ1) is 19.0. The molecule has 4 rings (SSSR count). The van der Waals surface area contributed by atoms with Gasteiger partial charge in [-0.15, -0.1) is 22.7 Å². The number of nitrogens with zero attached hydrogens (tertiary/aromatic N) is 2. The van der Waals surface area contributed by atoms with Gasteiger partial charge in [-0.05, 0) is 41.3 Å². The summed E-state index contributed by atoms with van der Waals surface area (Å²) in [6.45, 7) is 0.657. The molecule has 2 amide bonds. The average molecular weight is 420 g/mol. The Morgan fingerprint density at radius 1 is 0.897 bits per heavy atom. The van der Waals surface area contributed by atoms with E-state index in [0.29, 0.717) is 27.5 Å². The highest BCUT2D eigenvalue weighted by molar-refractivity contribution is 7.12. The topological polar surface area (TPSA) is 63.5 Å². The normalized spacial score (nSPS) is 11.4. The Labute approximate surface area is 175 Å². The maximum atomic E-state index is 12.6. The highest BCUT2D eigenvalue weighted by atomic mass is 32.1. The van der Waals surface area contributed by atoms with Crippen LogP contribution in [-0.4, -0.2) is 16.4 Å². The molecule has 2 aromatic heterocycles. The van der Waals surface area contributed by atoms with Gasteiger partial charge in [-0.1, -0.05) is 36.4 Å². The zero-order valence-electron chi connectivity index (χ0n) is 15.3. The molecule has 0 atom stereocenters. The fraction of sp³-hybridized carbons (Fsp3) is 0.0455. The van der Waals surface area contributed by atoms with Gasteiger partial charge in [0.2, 0.25) is 0 Å². The number of benzene rings is 2. The predicted octanol–water partition coefficient (Wildman–Crippen LogP) is 4.65. The Morgan fingerprint density at radius 3 is 2.41 bits per heavy atom. The van der Waals surface area contributed by atoms with E-state index in [2.05, 4.69) is 10.3 Å². The van der Waals surface area contributed by atoms with Gasteiger partial charge in [0.05, 0.1) is 4.88 Å². The van der Waals surface area contributed by atoms with Crippen molar-refractivity contribution >= 4 is 40.2 Å². The third-order valence-corrected chi connectivity index (χ3v) is 5.85. The highest BCUT2D eigenvalue weighted by Gasteiger charge is 2.09. The third-order valence-electron chi connectivity index (χ3n) is 4.19. The molecule has 0 aliphatic carbocycles. The van der Waals surface area contributed by atoms with Crippen molar-refractivity contribution in [1.29, 1.82) is 0 Å². The molecule has 2 aromatic carbocycles. The van der Waals surface area contributed by atoms with Crippen molar-refractivity contribution in [3.05, 3.63) is 104 Å². The van der Waals surface area contributed by atoms with Gasteiger partial charge in [0.15, 0.2) is 4.80 Å². The van der Waals surface area contributed by atoms with Crippen LogP contribution in [0.3, 0.4) is 0 Å². The second-order valence-electron chi connectivity index (χ2n) is 6.22. The third kappa shape index (κ3) is 4.77. The van der Waals surface area contributed by atoms with E-state index < -0.39 is 0 Å². The van der Waals surface area contributed by atoms with E-state index in [9.17, 15) is 9.59 Å². The van der Waals surface area contributed by atoms with Gasteiger partial charge >= 0.3 is 0 Å². The van der Waals surface area contributed by atoms with Crippen LogP contribution in [0.15, 0.2) is 88.7 Å². The lowest BCUT2D eigenvalue weighted by atomic mass is 10.2. The summed E-state index contributed by atoms with van der Waals surface area (Å²) in [6, 6.07) is 20.4. The standard InChI is InChI=1S/C22H17N3O2S2/c26-20(24-22-25(12-14-29-22)15-16-5-2-1-3-6-16)17-8-10-18(11-9-17)23-21(27)19-7-4-13-28-19/h1-14H,15H2,(H,23,27). The van der Waals surface area contributed by atoms with Gasteiger partial charge in [-0.3, -0.25) is 9.59 Å². The predicted molar refractivity (Wildman–Crippen MR) is 116 cm³/mol. The average Bonchev–Trinajstić information content (AvgIpc) is 3.42. The van der Waals surface area contributed by atoms with E-state index in [-0.39, 0.29) is 11.8 Å². The Morgan fingerprint density at radius 2 is 1.69 bits per heavy atom.